The molecule has 5 heteroatoms. The molecular weight excluding hydrogens is 263 g/mol. The van der Waals surface area contributed by atoms with E-state index in [1.165, 1.54) is 0 Å². The van der Waals surface area contributed by atoms with Gasteiger partial charge in [-0.25, -0.2) is 4.98 Å². The molecule has 2 N–H and O–H groups in total. The fourth-order valence-electron chi connectivity index (χ4n) is 1.60. The molecule has 0 amide bonds. The maximum Gasteiger partial charge on any atom is 0.122 e. The Hall–Kier alpha value is -0.900. The van der Waals surface area contributed by atoms with E-state index in [4.69, 9.17) is 41.2 Å². The van der Waals surface area contributed by atoms with Crippen LogP contribution < -0.4 is 5.73 Å². The average Bonchev–Trinajstić information content (AvgIpc) is 2.15. The molecule has 2 aromatic rings. The van der Waals surface area contributed by atoms with Gasteiger partial charge < -0.3 is 5.73 Å². The van der Waals surface area contributed by atoms with E-state index < -0.39 is 0 Å². The first kappa shape index (κ1) is 11.6. The van der Waals surface area contributed by atoms with Crippen molar-refractivity contribution >= 4 is 51.3 Å². The molecule has 1 aromatic heterocycles. The van der Waals surface area contributed by atoms with Crippen LogP contribution in [-0.2, 0) is 0 Å². The SMILES string of the molecule is Cc1cc(C(N)=S)nc2cc(Cl)cc(Cl)c12. The molecule has 1 aromatic carbocycles. The molecule has 2 nitrogen and oxygen atoms in total. The lowest BCUT2D eigenvalue weighted by atomic mass is 10.1. The number of aromatic nitrogens is 1. The molecule has 0 saturated heterocycles. The van der Waals surface area contributed by atoms with Crippen LogP contribution in [0.2, 0.25) is 10.0 Å². The third-order valence-electron chi connectivity index (χ3n) is 2.28. The highest BCUT2D eigenvalue weighted by Gasteiger charge is 2.09. The maximum atomic E-state index is 6.11. The van der Waals surface area contributed by atoms with E-state index >= 15 is 0 Å². The molecule has 0 aliphatic rings. The van der Waals surface area contributed by atoms with E-state index in [0.717, 1.165) is 10.9 Å². The highest BCUT2D eigenvalue weighted by atomic mass is 35.5. The van der Waals surface area contributed by atoms with Crippen molar-refractivity contribution < 1.29 is 0 Å². The lowest BCUT2D eigenvalue weighted by Crippen LogP contribution is -2.11. The first-order chi connectivity index (χ1) is 7.49. The second kappa shape index (κ2) is 4.17. The molecule has 0 atom stereocenters. The minimum absolute atomic E-state index is 0.265. The van der Waals surface area contributed by atoms with Gasteiger partial charge in [0.25, 0.3) is 0 Å². The molecule has 0 aliphatic heterocycles. The Kier molecular flexibility index (Phi) is 3.02. The second-order valence-electron chi connectivity index (χ2n) is 3.47. The molecule has 0 fully saturated rings. The van der Waals surface area contributed by atoms with E-state index in [1.807, 2.05) is 13.0 Å². The Morgan fingerprint density at radius 2 is 2.00 bits per heavy atom. The number of nitrogens with zero attached hydrogens (tertiary/aromatic N) is 1. The fraction of sp³-hybridized carbons (Fsp3) is 0.0909. The van der Waals surface area contributed by atoms with Gasteiger partial charge in [0.05, 0.1) is 16.2 Å². The topological polar surface area (TPSA) is 38.9 Å². The van der Waals surface area contributed by atoms with Gasteiger partial charge in [-0.05, 0) is 30.7 Å². The number of fused-ring (bicyclic) bond motifs is 1. The summed E-state index contributed by atoms with van der Waals surface area (Å²) in [5, 5.41) is 2.01. The number of rotatable bonds is 1. The molecule has 0 radical (unpaired) electrons. The predicted octanol–water partition coefficient (Wildman–Crippen LogP) is 3.48. The largest absolute Gasteiger partial charge is 0.388 e. The summed E-state index contributed by atoms with van der Waals surface area (Å²) in [6, 6.07) is 5.27. The van der Waals surface area contributed by atoms with Gasteiger partial charge in [-0.15, -0.1) is 0 Å². The second-order valence-corrected chi connectivity index (χ2v) is 4.75. The van der Waals surface area contributed by atoms with Gasteiger partial charge in [-0.3, -0.25) is 0 Å². The molecule has 0 unspecified atom stereocenters. The number of thiocarbonyl (C=S) groups is 1. The minimum Gasteiger partial charge on any atom is -0.388 e. The zero-order chi connectivity index (χ0) is 11.9. The van der Waals surface area contributed by atoms with Crippen molar-refractivity contribution in [3.05, 3.63) is 39.5 Å². The van der Waals surface area contributed by atoms with Gasteiger partial charge >= 0.3 is 0 Å². The van der Waals surface area contributed by atoms with Crippen LogP contribution in [0.3, 0.4) is 0 Å². The molecule has 16 heavy (non-hydrogen) atoms. The molecule has 1 heterocycles. The third-order valence-corrected chi connectivity index (χ3v) is 3.00. The van der Waals surface area contributed by atoms with Crippen molar-refractivity contribution in [3.8, 4) is 0 Å². The first-order valence-corrected chi connectivity index (χ1v) is 5.71. The average molecular weight is 271 g/mol. The smallest absolute Gasteiger partial charge is 0.122 e. The zero-order valence-electron chi connectivity index (χ0n) is 8.42. The van der Waals surface area contributed by atoms with Crippen LogP contribution in [0.15, 0.2) is 18.2 Å². The van der Waals surface area contributed by atoms with Crippen LogP contribution in [0.25, 0.3) is 10.9 Å². The molecule has 2 rings (SSSR count). The fourth-order valence-corrected chi connectivity index (χ4v) is 2.34. The normalized spacial score (nSPS) is 10.7. The van der Waals surface area contributed by atoms with E-state index in [9.17, 15) is 0 Å². The standard InChI is InChI=1S/C11H8Cl2N2S/c1-5-2-9(11(14)16)15-8-4-6(12)3-7(13)10(5)8/h2-4H,1H3,(H2,14,16). The first-order valence-electron chi connectivity index (χ1n) is 4.55. The number of nitrogens with two attached hydrogens (primary N) is 1. The van der Waals surface area contributed by atoms with Gasteiger partial charge in [-0.1, -0.05) is 35.4 Å². The van der Waals surface area contributed by atoms with E-state index in [0.29, 0.717) is 21.3 Å². The number of hydrogen-bond acceptors (Lipinski definition) is 2. The number of halogens is 2. The van der Waals surface area contributed by atoms with Crippen LogP contribution in [0.4, 0.5) is 0 Å². The molecule has 0 spiro atoms. The highest BCUT2D eigenvalue weighted by molar-refractivity contribution is 7.80. The highest BCUT2D eigenvalue weighted by Crippen LogP contribution is 2.29. The lowest BCUT2D eigenvalue weighted by Gasteiger charge is -2.07. The van der Waals surface area contributed by atoms with Crippen LogP contribution in [0.1, 0.15) is 11.3 Å². The number of benzene rings is 1. The summed E-state index contributed by atoms with van der Waals surface area (Å²) in [6.07, 6.45) is 0. The Morgan fingerprint density at radius 1 is 1.31 bits per heavy atom. The van der Waals surface area contributed by atoms with Crippen LogP contribution in [0, 0.1) is 6.92 Å². The van der Waals surface area contributed by atoms with E-state index in [2.05, 4.69) is 4.98 Å². The van der Waals surface area contributed by atoms with Gasteiger partial charge in [0, 0.05) is 10.4 Å². The van der Waals surface area contributed by atoms with Gasteiger partial charge in [0.2, 0.25) is 0 Å². The van der Waals surface area contributed by atoms with Crippen molar-refractivity contribution in [3.63, 3.8) is 0 Å². The van der Waals surface area contributed by atoms with E-state index in [1.54, 1.807) is 12.1 Å². The Balaban J connectivity index is 2.87. The summed E-state index contributed by atoms with van der Waals surface area (Å²) in [5.74, 6) is 0. The monoisotopic (exact) mass is 270 g/mol. The predicted molar refractivity (Wildman–Crippen MR) is 72.4 cm³/mol. The van der Waals surface area contributed by atoms with E-state index in [-0.39, 0.29) is 4.99 Å². The van der Waals surface area contributed by atoms with Crippen molar-refractivity contribution in [2.45, 2.75) is 6.92 Å². The number of aryl methyl sites for hydroxylation is 1. The Bertz CT molecular complexity index is 596. The summed E-state index contributed by atoms with van der Waals surface area (Å²) in [4.78, 5) is 4.59. The van der Waals surface area contributed by atoms with Crippen molar-refractivity contribution in [1.82, 2.24) is 4.98 Å². The number of hydrogen-bond donors (Lipinski definition) is 1. The van der Waals surface area contributed by atoms with Gasteiger partial charge in [-0.2, -0.15) is 0 Å². The molecule has 82 valence electrons. The Labute approximate surface area is 108 Å². The summed E-state index contributed by atoms with van der Waals surface area (Å²) in [5.41, 5.74) is 7.82. The lowest BCUT2D eigenvalue weighted by molar-refractivity contribution is 1.33. The van der Waals surface area contributed by atoms with Crippen molar-refractivity contribution in [1.29, 1.82) is 0 Å². The van der Waals surface area contributed by atoms with Crippen molar-refractivity contribution in [2.75, 3.05) is 0 Å². The zero-order valence-corrected chi connectivity index (χ0v) is 10.7. The van der Waals surface area contributed by atoms with Crippen molar-refractivity contribution in [2.24, 2.45) is 5.73 Å². The molecule has 0 aliphatic carbocycles. The molecule has 0 saturated carbocycles. The van der Waals surface area contributed by atoms with Gasteiger partial charge in [0.1, 0.15) is 4.99 Å². The van der Waals surface area contributed by atoms with Gasteiger partial charge in [0.15, 0.2) is 0 Å². The Morgan fingerprint density at radius 3 is 2.62 bits per heavy atom. The van der Waals surface area contributed by atoms with Crippen LogP contribution in [-0.4, -0.2) is 9.97 Å². The summed E-state index contributed by atoms with van der Waals surface area (Å²) in [6.45, 7) is 1.94. The quantitative estimate of drug-likeness (QED) is 0.807. The molecular formula is C11H8Cl2N2S. The van der Waals surface area contributed by atoms with Crippen LogP contribution >= 0.6 is 35.4 Å². The maximum absolute atomic E-state index is 6.11. The van der Waals surface area contributed by atoms with Crippen LogP contribution in [0.5, 0.6) is 0 Å². The summed E-state index contributed by atoms with van der Waals surface area (Å²) in [7, 11) is 0. The summed E-state index contributed by atoms with van der Waals surface area (Å²) >= 11 is 16.9. The minimum atomic E-state index is 0.265. The molecule has 0 bridgehead atoms. The number of pyridine rings is 1. The summed E-state index contributed by atoms with van der Waals surface area (Å²) < 4.78 is 0. The third kappa shape index (κ3) is 1.98.